The average molecular weight is 418 g/mol. The minimum atomic E-state index is -0.586. The molecule has 1 fully saturated rings. The Kier molecular flexibility index (Phi) is 7.55. The summed E-state index contributed by atoms with van der Waals surface area (Å²) in [6.45, 7) is 9.85. The Morgan fingerprint density at radius 3 is 2.68 bits per heavy atom. The molecule has 6 heteroatoms. The second-order valence-corrected chi connectivity index (χ2v) is 6.33. The molecule has 0 amide bonds. The van der Waals surface area contributed by atoms with Crippen LogP contribution in [0.3, 0.4) is 0 Å². The van der Waals surface area contributed by atoms with Crippen LogP contribution in [0.2, 0.25) is 0 Å². The third-order valence-corrected chi connectivity index (χ3v) is 3.82. The summed E-state index contributed by atoms with van der Waals surface area (Å²) in [5.74, 6) is 0.899. The zero-order valence-corrected chi connectivity index (χ0v) is 15.9. The Bertz CT molecular complexity index is 478. The molecule has 1 saturated heterocycles. The first kappa shape index (κ1) is 19.2. The predicted octanol–water partition coefficient (Wildman–Crippen LogP) is 2.43. The molecule has 1 atom stereocenters. The first-order valence-corrected chi connectivity index (χ1v) is 7.63. The maximum Gasteiger partial charge on any atom is 0.194 e. The van der Waals surface area contributed by atoms with Gasteiger partial charge in [0.15, 0.2) is 5.96 Å². The van der Waals surface area contributed by atoms with Gasteiger partial charge >= 0.3 is 0 Å². The molecule has 1 unspecified atom stereocenters. The molecule has 1 aromatic heterocycles. The fourth-order valence-electron chi connectivity index (χ4n) is 2.58. The van der Waals surface area contributed by atoms with Gasteiger partial charge in [0.05, 0.1) is 12.6 Å². The van der Waals surface area contributed by atoms with Crippen molar-refractivity contribution in [1.82, 2.24) is 15.2 Å². The van der Waals surface area contributed by atoms with Crippen molar-refractivity contribution in [2.75, 3.05) is 26.2 Å². The smallest absolute Gasteiger partial charge is 0.194 e. The van der Waals surface area contributed by atoms with E-state index in [1.807, 2.05) is 12.1 Å². The van der Waals surface area contributed by atoms with Gasteiger partial charge in [-0.3, -0.25) is 9.98 Å². The van der Waals surface area contributed by atoms with Crippen LogP contribution in [0.15, 0.2) is 29.5 Å². The van der Waals surface area contributed by atoms with Crippen molar-refractivity contribution in [3.63, 3.8) is 0 Å². The Morgan fingerprint density at radius 2 is 2.14 bits per heavy atom. The first-order valence-electron chi connectivity index (χ1n) is 7.63. The third-order valence-electron chi connectivity index (χ3n) is 3.82. The quantitative estimate of drug-likeness (QED) is 0.448. The summed E-state index contributed by atoms with van der Waals surface area (Å²) < 4.78 is 0. The summed E-state index contributed by atoms with van der Waals surface area (Å²) in [7, 11) is 0. The Hall–Kier alpha value is -0.890. The summed E-state index contributed by atoms with van der Waals surface area (Å²) in [6.07, 6.45) is 3.97. The molecular formula is C16H27IN4O. The highest BCUT2D eigenvalue weighted by atomic mass is 127. The van der Waals surface area contributed by atoms with Crippen LogP contribution >= 0.6 is 24.0 Å². The summed E-state index contributed by atoms with van der Waals surface area (Å²) in [5.41, 5.74) is 1.19. The van der Waals surface area contributed by atoms with E-state index in [2.05, 4.69) is 41.0 Å². The molecule has 1 aliphatic heterocycles. The van der Waals surface area contributed by atoms with Crippen molar-refractivity contribution in [2.24, 2.45) is 10.4 Å². The van der Waals surface area contributed by atoms with E-state index >= 15 is 0 Å². The Morgan fingerprint density at radius 1 is 1.45 bits per heavy atom. The second-order valence-electron chi connectivity index (χ2n) is 6.33. The van der Waals surface area contributed by atoms with Gasteiger partial charge in [-0.2, -0.15) is 0 Å². The van der Waals surface area contributed by atoms with Crippen molar-refractivity contribution >= 4 is 29.9 Å². The summed E-state index contributed by atoms with van der Waals surface area (Å²) >= 11 is 0. The molecule has 0 aliphatic carbocycles. The van der Waals surface area contributed by atoms with Gasteiger partial charge in [-0.05, 0) is 36.5 Å². The van der Waals surface area contributed by atoms with E-state index in [0.29, 0.717) is 12.0 Å². The highest BCUT2D eigenvalue weighted by Gasteiger charge is 2.30. The summed E-state index contributed by atoms with van der Waals surface area (Å²) in [5, 5.41) is 13.5. The van der Waals surface area contributed by atoms with Gasteiger partial charge in [0.1, 0.15) is 0 Å². The number of pyridine rings is 1. The van der Waals surface area contributed by atoms with Crippen LogP contribution in [0, 0.1) is 5.41 Å². The number of aliphatic hydroxyl groups excluding tert-OH is 1. The molecule has 0 saturated carbocycles. The number of nitrogens with one attached hydrogen (secondary N) is 1. The normalized spacial score (nSPS) is 18.7. The lowest BCUT2D eigenvalue weighted by Crippen LogP contribution is -2.41. The van der Waals surface area contributed by atoms with Crippen LogP contribution in [0.5, 0.6) is 0 Å². The molecule has 0 radical (unpaired) electrons. The molecule has 2 heterocycles. The number of hydrogen-bond donors (Lipinski definition) is 2. The van der Waals surface area contributed by atoms with Crippen molar-refractivity contribution in [3.05, 3.63) is 30.1 Å². The van der Waals surface area contributed by atoms with Gasteiger partial charge < -0.3 is 15.3 Å². The van der Waals surface area contributed by atoms with E-state index in [0.717, 1.165) is 31.2 Å². The molecule has 124 valence electrons. The van der Waals surface area contributed by atoms with Crippen molar-refractivity contribution in [1.29, 1.82) is 0 Å². The highest BCUT2D eigenvalue weighted by Crippen LogP contribution is 2.28. The number of aromatic nitrogens is 1. The lowest BCUT2D eigenvalue weighted by Gasteiger charge is -2.24. The monoisotopic (exact) mass is 418 g/mol. The lowest BCUT2D eigenvalue weighted by atomic mass is 9.93. The fourth-order valence-corrected chi connectivity index (χ4v) is 2.58. The molecule has 0 bridgehead atoms. The van der Waals surface area contributed by atoms with Gasteiger partial charge in [-0.25, -0.2) is 0 Å². The van der Waals surface area contributed by atoms with E-state index in [-0.39, 0.29) is 24.0 Å². The van der Waals surface area contributed by atoms with E-state index in [1.165, 1.54) is 6.42 Å². The third kappa shape index (κ3) is 5.39. The van der Waals surface area contributed by atoms with Gasteiger partial charge in [-0.1, -0.05) is 13.8 Å². The molecule has 0 aromatic carbocycles. The van der Waals surface area contributed by atoms with E-state index in [9.17, 15) is 5.11 Å². The number of hydrogen-bond acceptors (Lipinski definition) is 3. The maximum atomic E-state index is 10.2. The number of halogens is 1. The number of likely N-dealkylation sites (tertiary alicyclic amines) is 1. The molecule has 22 heavy (non-hydrogen) atoms. The predicted molar refractivity (Wildman–Crippen MR) is 101 cm³/mol. The zero-order valence-electron chi connectivity index (χ0n) is 13.6. The number of rotatable bonds is 4. The van der Waals surface area contributed by atoms with Crippen LogP contribution in [-0.4, -0.2) is 47.1 Å². The van der Waals surface area contributed by atoms with Crippen molar-refractivity contribution in [3.8, 4) is 0 Å². The van der Waals surface area contributed by atoms with Gasteiger partial charge in [0, 0.05) is 32.0 Å². The molecule has 1 aromatic rings. The molecule has 1 aliphatic rings. The highest BCUT2D eigenvalue weighted by molar-refractivity contribution is 14.0. The van der Waals surface area contributed by atoms with Gasteiger partial charge in [-0.15, -0.1) is 24.0 Å². The standard InChI is InChI=1S/C16H26N4O.HI/c1-4-18-15(20-10-7-16(2,3)12-20)19-11-14(21)13-5-8-17-9-6-13;/h5-6,8-9,14,21H,4,7,10-12H2,1-3H3,(H,18,19);1H. The number of aliphatic imine (C=N–C) groups is 1. The van der Waals surface area contributed by atoms with E-state index in [4.69, 9.17) is 0 Å². The molecule has 0 spiro atoms. The first-order chi connectivity index (χ1) is 10.0. The maximum absolute atomic E-state index is 10.2. The minimum absolute atomic E-state index is 0. The number of guanidine groups is 1. The van der Waals surface area contributed by atoms with Crippen LogP contribution in [0.25, 0.3) is 0 Å². The van der Waals surface area contributed by atoms with Crippen LogP contribution < -0.4 is 5.32 Å². The minimum Gasteiger partial charge on any atom is -0.386 e. The van der Waals surface area contributed by atoms with Gasteiger partial charge in [0.25, 0.3) is 0 Å². The Labute approximate surface area is 150 Å². The van der Waals surface area contributed by atoms with E-state index < -0.39 is 6.10 Å². The molecule has 2 N–H and O–H groups in total. The van der Waals surface area contributed by atoms with Crippen molar-refractivity contribution < 1.29 is 5.11 Å². The number of nitrogens with zero attached hydrogens (tertiary/aromatic N) is 3. The van der Waals surface area contributed by atoms with Gasteiger partial charge in [0.2, 0.25) is 0 Å². The number of aliphatic hydroxyl groups is 1. The van der Waals surface area contributed by atoms with Crippen molar-refractivity contribution in [2.45, 2.75) is 33.3 Å². The summed E-state index contributed by atoms with van der Waals surface area (Å²) in [4.78, 5) is 10.8. The summed E-state index contributed by atoms with van der Waals surface area (Å²) in [6, 6.07) is 3.65. The molecule has 2 rings (SSSR count). The molecular weight excluding hydrogens is 391 g/mol. The second kappa shape index (κ2) is 8.67. The fraction of sp³-hybridized carbons (Fsp3) is 0.625. The lowest BCUT2D eigenvalue weighted by molar-refractivity contribution is 0.186. The van der Waals surface area contributed by atoms with Crippen LogP contribution in [-0.2, 0) is 0 Å². The zero-order chi connectivity index (χ0) is 15.3. The Balaban J connectivity index is 0.00000242. The van der Waals surface area contributed by atoms with E-state index in [1.54, 1.807) is 12.4 Å². The average Bonchev–Trinajstić information content (AvgIpc) is 2.84. The van der Waals surface area contributed by atoms with Crippen LogP contribution in [0.1, 0.15) is 38.9 Å². The topological polar surface area (TPSA) is 60.8 Å². The van der Waals surface area contributed by atoms with Crippen LogP contribution in [0.4, 0.5) is 0 Å². The SMILES string of the molecule is CCNC(=NCC(O)c1ccncc1)N1CCC(C)(C)C1.I. The molecule has 5 nitrogen and oxygen atoms in total. The largest absolute Gasteiger partial charge is 0.386 e.